The van der Waals surface area contributed by atoms with Crippen LogP contribution in [-0.2, 0) is 6.42 Å². The molecule has 0 unspecified atom stereocenters. The van der Waals surface area contributed by atoms with Crippen LogP contribution in [0.5, 0.6) is 5.75 Å². The van der Waals surface area contributed by atoms with Crippen molar-refractivity contribution in [2.24, 2.45) is 0 Å². The topological polar surface area (TPSA) is 32.3 Å². The lowest BCUT2D eigenvalue weighted by Crippen LogP contribution is -2.44. The van der Waals surface area contributed by atoms with Crippen LogP contribution in [0.15, 0.2) is 36.4 Å². The van der Waals surface area contributed by atoms with E-state index in [-0.39, 0.29) is 0 Å². The number of aromatic hydroxyl groups is 1. The third-order valence-electron chi connectivity index (χ3n) is 3.36. The molecule has 3 rings (SSSR count). The lowest BCUT2D eigenvalue weighted by Gasteiger charge is -2.28. The molecule has 1 aliphatic heterocycles. The molecule has 0 radical (unpaired) electrons. The van der Waals surface area contributed by atoms with Crippen LogP contribution in [0.4, 0.5) is 0 Å². The summed E-state index contributed by atoms with van der Waals surface area (Å²) in [6, 6.07) is 12.5. The smallest absolute Gasteiger partial charge is 0.123 e. The average Bonchev–Trinajstić information content (AvgIpc) is 2.24. The zero-order valence-electron chi connectivity index (χ0n) is 9.11. The molecule has 0 bridgehead atoms. The predicted octanol–water partition coefficient (Wildman–Crippen LogP) is 2.45. The van der Waals surface area contributed by atoms with Crippen LogP contribution in [0.25, 0.3) is 10.8 Å². The van der Waals surface area contributed by atoms with Crippen LogP contribution in [-0.4, -0.2) is 17.7 Å². The van der Waals surface area contributed by atoms with E-state index in [1.807, 2.05) is 18.2 Å². The van der Waals surface area contributed by atoms with Gasteiger partial charge in [-0.25, -0.2) is 0 Å². The van der Waals surface area contributed by atoms with E-state index in [1.165, 1.54) is 12.0 Å². The van der Waals surface area contributed by atoms with Crippen LogP contribution < -0.4 is 5.32 Å². The van der Waals surface area contributed by atoms with E-state index in [2.05, 4.69) is 17.4 Å². The lowest BCUT2D eigenvalue weighted by molar-refractivity contribution is 0.370. The van der Waals surface area contributed by atoms with Crippen molar-refractivity contribution in [1.82, 2.24) is 5.32 Å². The fraction of sp³-hybridized carbons (Fsp3) is 0.286. The predicted molar refractivity (Wildman–Crippen MR) is 65.7 cm³/mol. The van der Waals surface area contributed by atoms with Crippen LogP contribution in [0.1, 0.15) is 12.0 Å². The summed E-state index contributed by atoms with van der Waals surface area (Å²) in [7, 11) is 0. The molecule has 16 heavy (non-hydrogen) atoms. The fourth-order valence-electron chi connectivity index (χ4n) is 2.36. The van der Waals surface area contributed by atoms with Gasteiger partial charge in [0.1, 0.15) is 5.75 Å². The molecule has 2 N–H and O–H groups in total. The summed E-state index contributed by atoms with van der Waals surface area (Å²) in [5.41, 5.74) is 1.24. The van der Waals surface area contributed by atoms with Gasteiger partial charge in [0.05, 0.1) is 0 Å². The maximum atomic E-state index is 9.94. The zero-order chi connectivity index (χ0) is 11.0. The van der Waals surface area contributed by atoms with Gasteiger partial charge >= 0.3 is 0 Å². The van der Waals surface area contributed by atoms with E-state index in [9.17, 15) is 5.11 Å². The Morgan fingerprint density at radius 3 is 2.62 bits per heavy atom. The maximum absolute atomic E-state index is 9.94. The molecule has 1 fully saturated rings. The molecule has 0 spiro atoms. The number of phenolic OH excluding ortho intramolecular Hbond substituents is 1. The van der Waals surface area contributed by atoms with Crippen molar-refractivity contribution in [2.75, 3.05) is 6.54 Å². The van der Waals surface area contributed by atoms with Crippen molar-refractivity contribution in [1.29, 1.82) is 0 Å². The highest BCUT2D eigenvalue weighted by Gasteiger charge is 2.18. The number of fused-ring (bicyclic) bond motifs is 1. The van der Waals surface area contributed by atoms with Gasteiger partial charge in [0.2, 0.25) is 0 Å². The van der Waals surface area contributed by atoms with Crippen molar-refractivity contribution in [3.05, 3.63) is 42.0 Å². The van der Waals surface area contributed by atoms with Crippen molar-refractivity contribution < 1.29 is 5.11 Å². The van der Waals surface area contributed by atoms with Crippen molar-refractivity contribution in [3.63, 3.8) is 0 Å². The molecule has 0 saturated carbocycles. The Hall–Kier alpha value is -1.54. The van der Waals surface area contributed by atoms with E-state index in [0.717, 1.165) is 23.7 Å². The monoisotopic (exact) mass is 213 g/mol. The lowest BCUT2D eigenvalue weighted by atomic mass is 9.94. The number of rotatable bonds is 2. The Morgan fingerprint density at radius 2 is 1.94 bits per heavy atom. The minimum Gasteiger partial charge on any atom is -0.507 e. The second-order valence-electron chi connectivity index (χ2n) is 4.44. The number of hydrogen-bond acceptors (Lipinski definition) is 2. The Balaban J connectivity index is 2.08. The van der Waals surface area contributed by atoms with Crippen molar-refractivity contribution in [2.45, 2.75) is 18.9 Å². The van der Waals surface area contributed by atoms with Gasteiger partial charge < -0.3 is 10.4 Å². The van der Waals surface area contributed by atoms with Gasteiger partial charge in [-0.15, -0.1) is 0 Å². The zero-order valence-corrected chi connectivity index (χ0v) is 9.11. The van der Waals surface area contributed by atoms with Crippen LogP contribution in [0, 0.1) is 0 Å². The fourth-order valence-corrected chi connectivity index (χ4v) is 2.36. The first-order chi connectivity index (χ1) is 7.84. The maximum Gasteiger partial charge on any atom is 0.123 e. The number of hydrogen-bond donors (Lipinski definition) is 2. The van der Waals surface area contributed by atoms with Gasteiger partial charge in [-0.05, 0) is 36.4 Å². The molecule has 2 heteroatoms. The standard InChI is InChI=1S/C14H15NO/c16-13-6-2-4-10-3-1-5-11(14(10)13)9-12-7-8-15-12/h1-6,12,15-16H,7-9H2/t12-/m0/s1. The third-order valence-corrected chi connectivity index (χ3v) is 3.36. The molecule has 0 aromatic heterocycles. The molecule has 1 aliphatic rings. The first-order valence-electron chi connectivity index (χ1n) is 5.77. The van der Waals surface area contributed by atoms with Crippen LogP contribution in [0.3, 0.4) is 0 Å². The second kappa shape index (κ2) is 3.80. The third kappa shape index (κ3) is 1.55. The quantitative estimate of drug-likeness (QED) is 0.803. The molecule has 1 atom stereocenters. The number of nitrogens with one attached hydrogen (secondary N) is 1. The highest BCUT2D eigenvalue weighted by Crippen LogP contribution is 2.29. The number of benzene rings is 2. The molecular weight excluding hydrogens is 198 g/mol. The van der Waals surface area contributed by atoms with Crippen molar-refractivity contribution in [3.8, 4) is 5.75 Å². The minimum absolute atomic E-state index is 0.396. The molecule has 2 nitrogen and oxygen atoms in total. The highest BCUT2D eigenvalue weighted by atomic mass is 16.3. The molecule has 82 valence electrons. The van der Waals surface area contributed by atoms with Gasteiger partial charge in [-0.1, -0.05) is 30.3 Å². The van der Waals surface area contributed by atoms with E-state index >= 15 is 0 Å². The normalized spacial score (nSPS) is 19.6. The van der Waals surface area contributed by atoms with Crippen LogP contribution in [0.2, 0.25) is 0 Å². The molecular formula is C14H15NO. The summed E-state index contributed by atoms with van der Waals surface area (Å²) in [5, 5.41) is 15.5. The summed E-state index contributed by atoms with van der Waals surface area (Å²) in [5.74, 6) is 0.396. The molecule has 2 aromatic rings. The van der Waals surface area contributed by atoms with E-state index in [1.54, 1.807) is 6.07 Å². The summed E-state index contributed by atoms with van der Waals surface area (Å²) in [4.78, 5) is 0. The molecule has 0 aliphatic carbocycles. The summed E-state index contributed by atoms with van der Waals surface area (Å²) in [6.45, 7) is 1.13. The largest absolute Gasteiger partial charge is 0.507 e. The van der Waals surface area contributed by atoms with Crippen molar-refractivity contribution >= 4 is 10.8 Å². The van der Waals surface area contributed by atoms with Gasteiger partial charge in [0.25, 0.3) is 0 Å². The van der Waals surface area contributed by atoms with E-state index < -0.39 is 0 Å². The second-order valence-corrected chi connectivity index (χ2v) is 4.44. The molecule has 0 amide bonds. The van der Waals surface area contributed by atoms with E-state index in [4.69, 9.17) is 0 Å². The first-order valence-corrected chi connectivity index (χ1v) is 5.77. The van der Waals surface area contributed by atoms with Gasteiger partial charge in [0.15, 0.2) is 0 Å². The van der Waals surface area contributed by atoms with E-state index in [0.29, 0.717) is 11.8 Å². The number of phenols is 1. The average molecular weight is 213 g/mol. The summed E-state index contributed by atoms with van der Waals surface area (Å²) >= 11 is 0. The van der Waals surface area contributed by atoms with Gasteiger partial charge in [-0.3, -0.25) is 0 Å². The Morgan fingerprint density at radius 1 is 1.19 bits per heavy atom. The Bertz CT molecular complexity index is 512. The molecule has 1 heterocycles. The highest BCUT2D eigenvalue weighted by molar-refractivity contribution is 5.91. The summed E-state index contributed by atoms with van der Waals surface area (Å²) < 4.78 is 0. The molecule has 2 aromatic carbocycles. The molecule has 1 saturated heterocycles. The minimum atomic E-state index is 0.396. The SMILES string of the molecule is Oc1cccc2cccc(C[C@@H]3CCN3)c12. The van der Waals surface area contributed by atoms with Gasteiger partial charge in [0, 0.05) is 11.4 Å². The Labute approximate surface area is 94.9 Å². The first kappa shape index (κ1) is 9.67. The van der Waals surface area contributed by atoms with Crippen LogP contribution >= 0.6 is 0 Å². The summed E-state index contributed by atoms with van der Waals surface area (Å²) in [6.07, 6.45) is 2.25. The van der Waals surface area contributed by atoms with Gasteiger partial charge in [-0.2, -0.15) is 0 Å². The Kier molecular flexibility index (Phi) is 2.29.